The van der Waals surface area contributed by atoms with Gasteiger partial charge in [-0.25, -0.2) is 9.59 Å². The number of nitrogens with zero attached hydrogens (tertiary/aromatic N) is 2. The van der Waals surface area contributed by atoms with Gasteiger partial charge in [-0.1, -0.05) is 11.6 Å². The molecular weight excluding hydrogens is 487 g/mol. The number of hydrogen-bond donors (Lipinski definition) is 1. The molecule has 182 valence electrons. The molecule has 2 rings (SSSR count). The van der Waals surface area contributed by atoms with Crippen LogP contribution in [0.3, 0.4) is 0 Å². The van der Waals surface area contributed by atoms with E-state index in [4.69, 9.17) is 21.1 Å². The predicted molar refractivity (Wildman–Crippen MR) is 116 cm³/mol. The monoisotopic (exact) mass is 509 g/mol. The summed E-state index contributed by atoms with van der Waals surface area (Å²) in [6, 6.07) is 0. The van der Waals surface area contributed by atoms with Crippen LogP contribution in [0.5, 0.6) is 0 Å². The number of aromatic nitrogens is 2. The zero-order chi connectivity index (χ0) is 25.2. The van der Waals surface area contributed by atoms with Crippen LogP contribution in [0.2, 0.25) is 5.02 Å². The Morgan fingerprint density at radius 3 is 2.12 bits per heavy atom. The second-order valence-corrected chi connectivity index (χ2v) is 9.02. The third-order valence-corrected chi connectivity index (χ3v) is 5.81. The lowest BCUT2D eigenvalue weighted by Gasteiger charge is -2.11. The normalized spacial score (nSPS) is 11.8. The smallest absolute Gasteiger partial charge is 0.436 e. The Bertz CT molecular complexity index is 1080. The van der Waals surface area contributed by atoms with Gasteiger partial charge in [0.05, 0.1) is 28.5 Å². The first kappa shape index (κ1) is 26.7. The maximum absolute atomic E-state index is 13.0. The summed E-state index contributed by atoms with van der Waals surface area (Å²) < 4.78 is 50.3. The fourth-order valence-corrected chi connectivity index (χ4v) is 4.08. The topological polar surface area (TPSA) is 99.5 Å². The third-order valence-electron chi connectivity index (χ3n) is 4.17. The minimum absolute atomic E-state index is 0.00538. The second kappa shape index (κ2) is 10.1. The van der Waals surface area contributed by atoms with Crippen LogP contribution in [0.15, 0.2) is 0 Å². The number of ether oxygens (including phenoxy) is 2. The van der Waals surface area contributed by atoms with E-state index in [-0.39, 0.29) is 26.7 Å². The number of anilines is 1. The van der Waals surface area contributed by atoms with E-state index in [1.54, 1.807) is 27.7 Å². The van der Waals surface area contributed by atoms with Crippen LogP contribution in [0.1, 0.15) is 64.7 Å². The summed E-state index contributed by atoms with van der Waals surface area (Å²) in [5.74, 6) is -2.24. The van der Waals surface area contributed by atoms with Gasteiger partial charge in [-0.3, -0.25) is 9.48 Å². The van der Waals surface area contributed by atoms with Crippen molar-refractivity contribution in [3.05, 3.63) is 32.4 Å². The number of esters is 2. The minimum atomic E-state index is -4.78. The number of halogens is 4. The molecule has 0 spiro atoms. The lowest BCUT2D eigenvalue weighted by Crippen LogP contribution is -2.22. The Kier molecular flexibility index (Phi) is 8.18. The number of hydrogen-bond acceptors (Lipinski definition) is 7. The van der Waals surface area contributed by atoms with Crippen molar-refractivity contribution in [2.45, 2.75) is 66.5 Å². The average Bonchev–Trinajstić information content (AvgIpc) is 3.11. The molecule has 0 radical (unpaired) electrons. The molecule has 2 heterocycles. The lowest BCUT2D eigenvalue weighted by molar-refractivity contribution is -0.141. The van der Waals surface area contributed by atoms with Crippen LogP contribution in [0.4, 0.5) is 18.2 Å². The molecule has 0 aliphatic carbocycles. The predicted octanol–water partition coefficient (Wildman–Crippen LogP) is 5.00. The lowest BCUT2D eigenvalue weighted by atomic mass is 10.1. The average molecular weight is 510 g/mol. The summed E-state index contributed by atoms with van der Waals surface area (Å²) in [6.07, 6.45) is -5.67. The van der Waals surface area contributed by atoms with Gasteiger partial charge in [0.25, 0.3) is 0 Å². The van der Waals surface area contributed by atoms with E-state index in [0.29, 0.717) is 0 Å². The summed E-state index contributed by atoms with van der Waals surface area (Å²) in [7, 11) is 0. The molecule has 0 unspecified atom stereocenters. The summed E-state index contributed by atoms with van der Waals surface area (Å²) in [4.78, 5) is 37.8. The number of thiophene rings is 1. The molecular formula is C20H23ClF3N3O5S. The largest absolute Gasteiger partial charge is 0.459 e. The van der Waals surface area contributed by atoms with E-state index in [0.717, 1.165) is 16.0 Å². The van der Waals surface area contributed by atoms with E-state index < -0.39 is 53.5 Å². The number of carbonyl (C=O) groups is 3. The fraction of sp³-hybridized carbons (Fsp3) is 0.500. The third kappa shape index (κ3) is 6.26. The Hall–Kier alpha value is -2.60. The molecule has 8 nitrogen and oxygen atoms in total. The molecule has 13 heteroatoms. The van der Waals surface area contributed by atoms with Crippen molar-refractivity contribution < 1.29 is 37.0 Å². The standard InChI is InChI=1S/C20H23ClF3N3O5S/c1-8(2)31-18(29)13-10(5)15(19(30)32-9(3)4)33-17(13)25-12(28)7-27-11(6)14(21)16(26-27)20(22,23)24/h8-9H,7H2,1-6H3,(H,25,28). The molecule has 1 N–H and O–H groups in total. The SMILES string of the molecule is Cc1c(C(=O)OC(C)C)sc(NC(=O)Cn2nc(C(F)(F)F)c(Cl)c2C)c1C(=O)OC(C)C. The first-order valence-electron chi connectivity index (χ1n) is 9.78. The van der Waals surface area contributed by atoms with Crippen molar-refractivity contribution in [1.29, 1.82) is 0 Å². The van der Waals surface area contributed by atoms with Gasteiger partial charge in [0, 0.05) is 0 Å². The molecule has 1 amide bonds. The van der Waals surface area contributed by atoms with Crippen molar-refractivity contribution in [2.75, 3.05) is 5.32 Å². The van der Waals surface area contributed by atoms with Gasteiger partial charge >= 0.3 is 18.1 Å². The van der Waals surface area contributed by atoms with Gasteiger partial charge < -0.3 is 14.8 Å². The van der Waals surface area contributed by atoms with E-state index >= 15 is 0 Å². The molecule has 0 aliphatic heterocycles. The molecule has 0 bridgehead atoms. The molecule has 0 aliphatic rings. The number of nitrogens with one attached hydrogen (secondary N) is 1. The highest BCUT2D eigenvalue weighted by atomic mass is 35.5. The molecule has 33 heavy (non-hydrogen) atoms. The summed E-state index contributed by atoms with van der Waals surface area (Å²) in [5.41, 5.74) is -1.14. The van der Waals surface area contributed by atoms with Crippen LogP contribution >= 0.6 is 22.9 Å². The summed E-state index contributed by atoms with van der Waals surface area (Å²) in [5, 5.41) is 5.24. The van der Waals surface area contributed by atoms with E-state index in [1.165, 1.54) is 13.8 Å². The highest BCUT2D eigenvalue weighted by molar-refractivity contribution is 7.18. The highest BCUT2D eigenvalue weighted by Gasteiger charge is 2.38. The van der Waals surface area contributed by atoms with Crippen LogP contribution in [0, 0.1) is 13.8 Å². The minimum Gasteiger partial charge on any atom is -0.459 e. The first-order chi connectivity index (χ1) is 15.1. The molecule has 0 aromatic carbocycles. The fourth-order valence-electron chi connectivity index (χ4n) is 2.74. The van der Waals surface area contributed by atoms with Crippen molar-refractivity contribution in [1.82, 2.24) is 9.78 Å². The summed E-state index contributed by atoms with van der Waals surface area (Å²) in [6.45, 7) is 8.77. The highest BCUT2D eigenvalue weighted by Crippen LogP contribution is 2.36. The Morgan fingerprint density at radius 2 is 1.64 bits per heavy atom. The van der Waals surface area contributed by atoms with E-state index in [1.807, 2.05) is 0 Å². The van der Waals surface area contributed by atoms with Gasteiger partial charge in [-0.15, -0.1) is 11.3 Å². The van der Waals surface area contributed by atoms with Crippen LogP contribution in [-0.4, -0.2) is 39.8 Å². The molecule has 0 atom stereocenters. The quantitative estimate of drug-likeness (QED) is 0.527. The van der Waals surface area contributed by atoms with Gasteiger partial charge in [0.15, 0.2) is 5.69 Å². The summed E-state index contributed by atoms with van der Waals surface area (Å²) >= 11 is 6.52. The number of alkyl halides is 3. The zero-order valence-electron chi connectivity index (χ0n) is 18.7. The van der Waals surface area contributed by atoms with Gasteiger partial charge in [-0.2, -0.15) is 18.3 Å². The molecule has 0 saturated carbocycles. The van der Waals surface area contributed by atoms with Gasteiger partial charge in [0.1, 0.15) is 16.4 Å². The maximum Gasteiger partial charge on any atom is 0.436 e. The number of rotatable bonds is 7. The molecule has 0 saturated heterocycles. The maximum atomic E-state index is 13.0. The van der Waals surface area contributed by atoms with Gasteiger partial charge in [0.2, 0.25) is 5.91 Å². The van der Waals surface area contributed by atoms with E-state index in [2.05, 4.69) is 10.4 Å². The van der Waals surface area contributed by atoms with Crippen molar-refractivity contribution in [3.8, 4) is 0 Å². The second-order valence-electron chi connectivity index (χ2n) is 7.62. The molecule has 2 aromatic heterocycles. The first-order valence-corrected chi connectivity index (χ1v) is 11.0. The number of amides is 1. The van der Waals surface area contributed by atoms with Crippen LogP contribution in [0.25, 0.3) is 0 Å². The zero-order valence-corrected chi connectivity index (χ0v) is 20.3. The van der Waals surface area contributed by atoms with Crippen LogP contribution < -0.4 is 5.32 Å². The Balaban J connectivity index is 2.38. The van der Waals surface area contributed by atoms with Crippen molar-refractivity contribution in [3.63, 3.8) is 0 Å². The van der Waals surface area contributed by atoms with Crippen LogP contribution in [-0.2, 0) is 27.0 Å². The van der Waals surface area contributed by atoms with E-state index in [9.17, 15) is 27.6 Å². The van der Waals surface area contributed by atoms with Crippen molar-refractivity contribution >= 4 is 45.8 Å². The number of carbonyl (C=O) groups excluding carboxylic acids is 3. The molecule has 0 fully saturated rings. The molecule has 2 aromatic rings. The Labute approximate surface area is 197 Å². The van der Waals surface area contributed by atoms with Crippen molar-refractivity contribution in [2.24, 2.45) is 0 Å². The van der Waals surface area contributed by atoms with Gasteiger partial charge in [-0.05, 0) is 47.1 Å². The Morgan fingerprint density at radius 1 is 1.09 bits per heavy atom.